The van der Waals surface area contributed by atoms with Crippen molar-refractivity contribution in [1.82, 2.24) is 4.98 Å². The molecular weight excluding hydrogens is 348 g/mol. The van der Waals surface area contributed by atoms with Crippen LogP contribution in [0.4, 0.5) is 10.5 Å². The number of anilines is 1. The van der Waals surface area contributed by atoms with Gasteiger partial charge < -0.3 is 13.9 Å². The number of carbonyl (C=O) groups is 2. The van der Waals surface area contributed by atoms with E-state index < -0.39 is 17.7 Å². The first-order chi connectivity index (χ1) is 12.8. The highest BCUT2D eigenvalue weighted by atomic mass is 16.6. The minimum absolute atomic E-state index is 0.0641. The minimum Gasteiger partial charge on any atom is -0.452 e. The number of rotatable bonds is 4. The fourth-order valence-electron chi connectivity index (χ4n) is 2.30. The van der Waals surface area contributed by atoms with Gasteiger partial charge in [0.05, 0.1) is 5.56 Å². The summed E-state index contributed by atoms with van der Waals surface area (Å²) >= 11 is 0. The molecule has 27 heavy (non-hydrogen) atoms. The van der Waals surface area contributed by atoms with Crippen LogP contribution in [0, 0.1) is 0 Å². The summed E-state index contributed by atoms with van der Waals surface area (Å²) in [5.41, 5.74) is 1.63. The molecule has 1 N–H and O–H groups in total. The highest BCUT2D eigenvalue weighted by Crippen LogP contribution is 2.17. The molecule has 3 rings (SSSR count). The van der Waals surface area contributed by atoms with Gasteiger partial charge in [-0.3, -0.25) is 5.32 Å². The summed E-state index contributed by atoms with van der Waals surface area (Å²) in [4.78, 5) is 28.1. The SMILES string of the molecule is CC(C)(C)OC(=O)Nc1ccc(C(=O)OCc2nc3ccccc3o2)cc1. The van der Waals surface area contributed by atoms with Crippen LogP contribution in [0.2, 0.25) is 0 Å². The van der Waals surface area contributed by atoms with Gasteiger partial charge in [-0.05, 0) is 57.2 Å². The topological polar surface area (TPSA) is 90.7 Å². The van der Waals surface area contributed by atoms with Crippen molar-refractivity contribution >= 4 is 28.8 Å². The number of aromatic nitrogens is 1. The first kappa shape index (κ1) is 18.4. The van der Waals surface area contributed by atoms with E-state index in [9.17, 15) is 9.59 Å². The predicted octanol–water partition coefficient (Wildman–Crippen LogP) is 4.53. The second-order valence-corrected chi connectivity index (χ2v) is 6.86. The van der Waals surface area contributed by atoms with Gasteiger partial charge in [0.25, 0.3) is 0 Å². The van der Waals surface area contributed by atoms with Crippen LogP contribution in [0.1, 0.15) is 37.0 Å². The van der Waals surface area contributed by atoms with Crippen LogP contribution in [0.15, 0.2) is 52.9 Å². The van der Waals surface area contributed by atoms with Gasteiger partial charge in [-0.1, -0.05) is 12.1 Å². The fraction of sp³-hybridized carbons (Fsp3) is 0.250. The van der Waals surface area contributed by atoms with Crippen molar-refractivity contribution in [1.29, 1.82) is 0 Å². The maximum atomic E-state index is 12.2. The minimum atomic E-state index is -0.585. The smallest absolute Gasteiger partial charge is 0.412 e. The lowest BCUT2D eigenvalue weighted by Gasteiger charge is -2.19. The molecule has 1 amide bonds. The summed E-state index contributed by atoms with van der Waals surface area (Å²) in [6.45, 7) is 5.28. The van der Waals surface area contributed by atoms with Crippen LogP contribution in [-0.2, 0) is 16.1 Å². The van der Waals surface area contributed by atoms with E-state index in [1.54, 1.807) is 51.1 Å². The molecule has 1 aromatic heterocycles. The Morgan fingerprint density at radius 2 is 1.78 bits per heavy atom. The van der Waals surface area contributed by atoms with Crippen molar-refractivity contribution in [3.05, 3.63) is 60.0 Å². The molecule has 7 nitrogen and oxygen atoms in total. The van der Waals surface area contributed by atoms with Gasteiger partial charge in [0.2, 0.25) is 5.89 Å². The van der Waals surface area contributed by atoms with Gasteiger partial charge in [-0.15, -0.1) is 0 Å². The Morgan fingerprint density at radius 3 is 2.44 bits per heavy atom. The molecule has 3 aromatic rings. The van der Waals surface area contributed by atoms with E-state index in [0.29, 0.717) is 28.2 Å². The number of ether oxygens (including phenoxy) is 2. The van der Waals surface area contributed by atoms with E-state index in [4.69, 9.17) is 13.9 Å². The van der Waals surface area contributed by atoms with Crippen molar-refractivity contribution in [2.45, 2.75) is 33.0 Å². The zero-order valence-corrected chi connectivity index (χ0v) is 15.3. The average molecular weight is 368 g/mol. The molecule has 7 heteroatoms. The second kappa shape index (κ2) is 7.49. The lowest BCUT2D eigenvalue weighted by molar-refractivity contribution is 0.0440. The van der Waals surface area contributed by atoms with Crippen LogP contribution in [-0.4, -0.2) is 22.6 Å². The monoisotopic (exact) mass is 368 g/mol. The molecule has 0 bridgehead atoms. The summed E-state index contributed by atoms with van der Waals surface area (Å²) in [6.07, 6.45) is -0.561. The van der Waals surface area contributed by atoms with Crippen LogP contribution >= 0.6 is 0 Å². The normalized spacial score (nSPS) is 11.2. The molecule has 140 valence electrons. The lowest BCUT2D eigenvalue weighted by atomic mass is 10.2. The summed E-state index contributed by atoms with van der Waals surface area (Å²) in [5.74, 6) is -0.186. The first-order valence-corrected chi connectivity index (χ1v) is 8.42. The van der Waals surface area contributed by atoms with E-state index in [-0.39, 0.29) is 6.61 Å². The van der Waals surface area contributed by atoms with Gasteiger partial charge in [-0.2, -0.15) is 0 Å². The zero-order valence-electron chi connectivity index (χ0n) is 15.3. The Kier molecular flexibility index (Phi) is 5.12. The van der Waals surface area contributed by atoms with Crippen molar-refractivity contribution in [2.75, 3.05) is 5.32 Å². The van der Waals surface area contributed by atoms with Crippen LogP contribution in [0.3, 0.4) is 0 Å². The van der Waals surface area contributed by atoms with Crippen LogP contribution in [0.25, 0.3) is 11.1 Å². The van der Waals surface area contributed by atoms with Crippen molar-refractivity contribution in [2.24, 2.45) is 0 Å². The highest BCUT2D eigenvalue weighted by Gasteiger charge is 2.16. The quantitative estimate of drug-likeness (QED) is 0.680. The number of para-hydroxylation sites is 2. The lowest BCUT2D eigenvalue weighted by Crippen LogP contribution is -2.27. The summed E-state index contributed by atoms with van der Waals surface area (Å²) in [5, 5.41) is 2.60. The number of hydrogen-bond donors (Lipinski definition) is 1. The largest absolute Gasteiger partial charge is 0.452 e. The number of oxazole rings is 1. The molecule has 0 atom stereocenters. The number of nitrogens with zero attached hydrogens (tertiary/aromatic N) is 1. The van der Waals surface area contributed by atoms with Crippen molar-refractivity contribution in [3.8, 4) is 0 Å². The van der Waals surface area contributed by atoms with Gasteiger partial charge in [0.1, 0.15) is 11.1 Å². The van der Waals surface area contributed by atoms with Crippen LogP contribution < -0.4 is 5.32 Å². The van der Waals surface area contributed by atoms with E-state index in [1.807, 2.05) is 18.2 Å². The van der Waals surface area contributed by atoms with E-state index in [0.717, 1.165) is 0 Å². The Balaban J connectivity index is 1.56. The average Bonchev–Trinajstić information content (AvgIpc) is 3.01. The number of benzene rings is 2. The third-order valence-corrected chi connectivity index (χ3v) is 3.43. The number of fused-ring (bicyclic) bond motifs is 1. The summed E-state index contributed by atoms with van der Waals surface area (Å²) in [6, 6.07) is 13.6. The molecular formula is C20H20N2O5. The highest BCUT2D eigenvalue weighted by molar-refractivity contribution is 5.91. The van der Waals surface area contributed by atoms with E-state index >= 15 is 0 Å². The Labute approximate surface area is 156 Å². The zero-order chi connectivity index (χ0) is 19.4. The van der Waals surface area contributed by atoms with Gasteiger partial charge in [0, 0.05) is 5.69 Å². The molecule has 0 saturated heterocycles. The maximum absolute atomic E-state index is 12.2. The fourth-order valence-corrected chi connectivity index (χ4v) is 2.30. The molecule has 0 unspecified atom stereocenters. The third kappa shape index (κ3) is 5.07. The summed E-state index contributed by atoms with van der Waals surface area (Å²) in [7, 11) is 0. The number of esters is 1. The number of amides is 1. The summed E-state index contributed by atoms with van der Waals surface area (Å²) < 4.78 is 15.9. The van der Waals surface area contributed by atoms with Crippen molar-refractivity contribution in [3.63, 3.8) is 0 Å². The predicted molar refractivity (Wildman–Crippen MR) is 99.4 cm³/mol. The molecule has 0 spiro atoms. The standard InChI is InChI=1S/C20H20N2O5/c1-20(2,3)27-19(24)21-14-10-8-13(9-11-14)18(23)25-12-17-22-15-6-4-5-7-16(15)26-17/h4-11H,12H2,1-3H3,(H,21,24). The molecule has 0 aliphatic carbocycles. The Hall–Kier alpha value is -3.35. The van der Waals surface area contributed by atoms with Gasteiger partial charge >= 0.3 is 12.1 Å². The third-order valence-electron chi connectivity index (χ3n) is 3.43. The number of hydrogen-bond acceptors (Lipinski definition) is 6. The molecule has 0 saturated carbocycles. The van der Waals surface area contributed by atoms with Crippen molar-refractivity contribution < 1.29 is 23.5 Å². The Morgan fingerprint density at radius 1 is 1.07 bits per heavy atom. The first-order valence-electron chi connectivity index (χ1n) is 8.42. The molecule has 1 heterocycles. The molecule has 0 radical (unpaired) electrons. The number of carbonyl (C=O) groups excluding carboxylic acids is 2. The van der Waals surface area contributed by atoms with Gasteiger partial charge in [0.15, 0.2) is 12.2 Å². The molecule has 2 aromatic carbocycles. The molecule has 0 fully saturated rings. The Bertz CT molecular complexity index is 921. The number of nitrogens with one attached hydrogen (secondary N) is 1. The van der Waals surface area contributed by atoms with E-state index in [1.165, 1.54) is 0 Å². The van der Waals surface area contributed by atoms with Crippen LogP contribution in [0.5, 0.6) is 0 Å². The van der Waals surface area contributed by atoms with Gasteiger partial charge in [-0.25, -0.2) is 14.6 Å². The molecule has 0 aliphatic rings. The van der Waals surface area contributed by atoms with E-state index in [2.05, 4.69) is 10.3 Å². The second-order valence-electron chi connectivity index (χ2n) is 6.86. The molecule has 0 aliphatic heterocycles. The maximum Gasteiger partial charge on any atom is 0.412 e.